The number of ether oxygens (including phenoxy) is 1. The molecule has 6 atom stereocenters. The summed E-state index contributed by atoms with van der Waals surface area (Å²) in [6.45, 7) is 28.8. The molecule has 0 amide bonds. The van der Waals surface area contributed by atoms with E-state index in [-0.39, 0.29) is 0 Å². The molecule has 1 nitrogen and oxygen atoms in total. The molecule has 0 saturated carbocycles. The van der Waals surface area contributed by atoms with Gasteiger partial charge in [-0.05, 0) is 85.9 Å². The van der Waals surface area contributed by atoms with Gasteiger partial charge >= 0.3 is 0 Å². The zero-order chi connectivity index (χ0) is 27.1. The number of unbranched alkanes of at least 4 members (excludes halogenated alkanes) is 2. The Morgan fingerprint density at radius 1 is 0.514 bits per heavy atom. The Bertz CT molecular complexity index is 438. The molecule has 1 heteroatoms. The van der Waals surface area contributed by atoms with Crippen molar-refractivity contribution in [3.8, 4) is 0 Å². The van der Waals surface area contributed by atoms with Crippen molar-refractivity contribution in [2.24, 2.45) is 34.5 Å². The van der Waals surface area contributed by atoms with E-state index in [1.54, 1.807) is 0 Å². The van der Waals surface area contributed by atoms with Crippen molar-refractivity contribution in [1.29, 1.82) is 0 Å². The summed E-state index contributed by atoms with van der Waals surface area (Å²) in [5, 5.41) is 0. The van der Waals surface area contributed by atoms with E-state index in [0.717, 1.165) is 23.7 Å². The summed E-state index contributed by atoms with van der Waals surface area (Å²) in [5.41, 5.74) is 0.836. The lowest BCUT2D eigenvalue weighted by Crippen LogP contribution is -2.34. The van der Waals surface area contributed by atoms with Crippen LogP contribution in [0.2, 0.25) is 0 Å². The molecule has 35 heavy (non-hydrogen) atoms. The molecule has 0 N–H and O–H groups in total. The quantitative estimate of drug-likeness (QED) is 0.163. The second kappa shape index (κ2) is 18.3. The summed E-state index contributed by atoms with van der Waals surface area (Å²) in [6, 6.07) is 0. The molecular weight excluding hydrogens is 424 g/mol. The van der Waals surface area contributed by atoms with Crippen LogP contribution in [0.15, 0.2) is 0 Å². The van der Waals surface area contributed by atoms with Crippen molar-refractivity contribution < 1.29 is 4.74 Å². The highest BCUT2D eigenvalue weighted by Gasteiger charge is 2.29. The molecule has 0 radical (unpaired) electrons. The summed E-state index contributed by atoms with van der Waals surface area (Å²) in [6.07, 6.45) is 19.1. The molecule has 0 aliphatic carbocycles. The van der Waals surface area contributed by atoms with Gasteiger partial charge in [0.1, 0.15) is 0 Å². The summed E-state index contributed by atoms with van der Waals surface area (Å²) >= 11 is 0. The molecule has 0 aliphatic heterocycles. The normalized spacial score (nSPS) is 18.2. The van der Waals surface area contributed by atoms with E-state index >= 15 is 0 Å². The maximum atomic E-state index is 7.31. The number of hydrogen-bond donors (Lipinski definition) is 0. The van der Waals surface area contributed by atoms with Crippen molar-refractivity contribution >= 4 is 0 Å². The van der Waals surface area contributed by atoms with E-state index in [1.807, 2.05) is 0 Å². The third-order valence-electron chi connectivity index (χ3n) is 8.12. The average molecular weight is 495 g/mol. The van der Waals surface area contributed by atoms with E-state index < -0.39 is 0 Å². The second-order valence-corrected chi connectivity index (χ2v) is 14.7. The van der Waals surface area contributed by atoms with Gasteiger partial charge in [-0.25, -0.2) is 0 Å². The Balaban J connectivity index is 5.60. The highest BCUT2D eigenvalue weighted by molar-refractivity contribution is 4.79. The van der Waals surface area contributed by atoms with Crippen LogP contribution in [0.1, 0.15) is 173 Å². The van der Waals surface area contributed by atoms with Gasteiger partial charge in [-0.3, -0.25) is 0 Å². The Hall–Kier alpha value is -0.0400. The third kappa shape index (κ3) is 18.0. The van der Waals surface area contributed by atoms with Crippen LogP contribution in [0.3, 0.4) is 0 Å². The van der Waals surface area contributed by atoms with Gasteiger partial charge in [0.15, 0.2) is 0 Å². The Morgan fingerprint density at radius 2 is 0.857 bits per heavy atom. The predicted octanol–water partition coefficient (Wildman–Crippen LogP) is 11.9. The molecule has 0 aliphatic rings. The van der Waals surface area contributed by atoms with Crippen LogP contribution in [-0.4, -0.2) is 12.2 Å². The van der Waals surface area contributed by atoms with Crippen molar-refractivity contribution in [2.45, 2.75) is 185 Å². The van der Waals surface area contributed by atoms with Crippen LogP contribution in [0.25, 0.3) is 0 Å². The number of hydrogen-bond acceptors (Lipinski definition) is 1. The van der Waals surface area contributed by atoms with Gasteiger partial charge < -0.3 is 4.74 Å². The van der Waals surface area contributed by atoms with Gasteiger partial charge in [0.25, 0.3) is 0 Å². The summed E-state index contributed by atoms with van der Waals surface area (Å²) < 4.78 is 7.31. The smallest absolute Gasteiger partial charge is 0.0607 e. The molecule has 0 saturated heterocycles. The fraction of sp³-hybridized carbons (Fsp3) is 1.00. The highest BCUT2D eigenvalue weighted by Crippen LogP contribution is 2.35. The van der Waals surface area contributed by atoms with E-state index in [1.165, 1.54) is 89.9 Å². The predicted molar refractivity (Wildman–Crippen MR) is 160 cm³/mol. The van der Waals surface area contributed by atoms with Gasteiger partial charge in [0, 0.05) is 0 Å². The first kappa shape index (κ1) is 35.0. The second-order valence-electron chi connectivity index (χ2n) is 14.7. The minimum Gasteiger partial charge on any atom is -0.374 e. The minimum absolute atomic E-state index is 0.418. The first-order valence-corrected chi connectivity index (χ1v) is 15.9. The lowest BCUT2D eigenvalue weighted by molar-refractivity contribution is -0.0847. The Morgan fingerprint density at radius 3 is 1.11 bits per heavy atom. The van der Waals surface area contributed by atoms with Crippen molar-refractivity contribution in [1.82, 2.24) is 0 Å². The molecule has 0 fully saturated rings. The fourth-order valence-corrected chi connectivity index (χ4v) is 6.49. The first-order chi connectivity index (χ1) is 16.3. The number of rotatable bonds is 20. The van der Waals surface area contributed by atoms with Crippen molar-refractivity contribution in [3.63, 3.8) is 0 Å². The van der Waals surface area contributed by atoms with Gasteiger partial charge in [-0.2, -0.15) is 0 Å². The lowest BCUT2D eigenvalue weighted by Gasteiger charge is -2.36. The first-order valence-electron chi connectivity index (χ1n) is 15.9. The lowest BCUT2D eigenvalue weighted by atomic mass is 9.81. The van der Waals surface area contributed by atoms with Crippen LogP contribution in [0, 0.1) is 34.5 Å². The molecule has 212 valence electrons. The average Bonchev–Trinajstić information content (AvgIpc) is 2.73. The van der Waals surface area contributed by atoms with E-state index in [9.17, 15) is 0 Å². The van der Waals surface area contributed by atoms with Gasteiger partial charge in [0.2, 0.25) is 0 Å². The maximum absolute atomic E-state index is 7.31. The van der Waals surface area contributed by atoms with Crippen LogP contribution in [-0.2, 0) is 4.74 Å². The molecular formula is C34H70O. The molecule has 0 bridgehead atoms. The van der Waals surface area contributed by atoms with Crippen LogP contribution >= 0.6 is 0 Å². The molecule has 0 aromatic carbocycles. The zero-order valence-corrected chi connectivity index (χ0v) is 26.8. The molecule has 6 unspecified atom stereocenters. The largest absolute Gasteiger partial charge is 0.374 e. The van der Waals surface area contributed by atoms with Crippen LogP contribution < -0.4 is 0 Å². The zero-order valence-electron chi connectivity index (χ0n) is 26.8. The Labute approximate surface area is 224 Å². The SMILES string of the molecule is CCCCC(CC)C(CCC(C)CC(C)(C)C)OC(CCC(C)CC(C)(C)C)C(CC)CCCC. The summed E-state index contributed by atoms with van der Waals surface area (Å²) in [5.74, 6) is 2.99. The van der Waals surface area contributed by atoms with Crippen molar-refractivity contribution in [3.05, 3.63) is 0 Å². The van der Waals surface area contributed by atoms with Crippen LogP contribution in [0.4, 0.5) is 0 Å². The van der Waals surface area contributed by atoms with Gasteiger partial charge in [0.05, 0.1) is 12.2 Å². The Kier molecular flexibility index (Phi) is 18.2. The van der Waals surface area contributed by atoms with E-state index in [0.29, 0.717) is 23.0 Å². The van der Waals surface area contributed by atoms with Gasteiger partial charge in [-0.15, -0.1) is 0 Å². The monoisotopic (exact) mass is 495 g/mol. The summed E-state index contributed by atoms with van der Waals surface area (Å²) in [7, 11) is 0. The topological polar surface area (TPSA) is 9.23 Å². The van der Waals surface area contributed by atoms with Crippen LogP contribution in [0.5, 0.6) is 0 Å². The molecule has 0 heterocycles. The molecule has 0 aromatic heterocycles. The van der Waals surface area contributed by atoms with Gasteiger partial charge in [-0.1, -0.05) is 122 Å². The molecule has 0 spiro atoms. The van der Waals surface area contributed by atoms with E-state index in [2.05, 4.69) is 83.1 Å². The maximum Gasteiger partial charge on any atom is 0.0607 e. The molecule has 0 rings (SSSR count). The highest BCUT2D eigenvalue weighted by atomic mass is 16.5. The molecule has 0 aromatic rings. The van der Waals surface area contributed by atoms with Crippen molar-refractivity contribution in [2.75, 3.05) is 0 Å². The fourth-order valence-electron chi connectivity index (χ4n) is 6.49. The third-order valence-corrected chi connectivity index (χ3v) is 8.12. The summed E-state index contributed by atoms with van der Waals surface area (Å²) in [4.78, 5) is 0. The standard InChI is InChI=1S/C34H70O/c1-13-17-19-29(15-3)31(23-21-27(5)25-33(7,8)9)35-32(30(16-4)20-18-14-2)24-22-28(6)26-34(10,11)12/h27-32H,13-26H2,1-12H3. The van der Waals surface area contributed by atoms with E-state index in [4.69, 9.17) is 4.74 Å². The minimum atomic E-state index is 0.418.